The highest BCUT2D eigenvalue weighted by Gasteiger charge is 2.17. The molecule has 0 fully saturated rings. The van der Waals surface area contributed by atoms with Gasteiger partial charge in [-0.25, -0.2) is 0 Å². The Morgan fingerprint density at radius 3 is 2.57 bits per heavy atom. The number of hydrogen-bond donors (Lipinski definition) is 1. The molecule has 0 saturated carbocycles. The van der Waals surface area contributed by atoms with Gasteiger partial charge in [0.1, 0.15) is 0 Å². The molecule has 1 aromatic carbocycles. The topological polar surface area (TPSA) is 15.3 Å². The second-order valence-electron chi connectivity index (χ2n) is 6.58. The Morgan fingerprint density at radius 1 is 1.33 bits per heavy atom. The molecule has 0 amide bonds. The number of anilines is 1. The molecule has 0 radical (unpaired) electrons. The summed E-state index contributed by atoms with van der Waals surface area (Å²) >= 11 is 8.34. The van der Waals surface area contributed by atoms with Crippen LogP contribution >= 0.6 is 23.4 Å². The summed E-state index contributed by atoms with van der Waals surface area (Å²) in [7, 11) is 2.16. The van der Waals surface area contributed by atoms with Gasteiger partial charge in [0.15, 0.2) is 0 Å². The zero-order valence-corrected chi connectivity index (χ0v) is 15.7. The van der Waals surface area contributed by atoms with Crippen LogP contribution in [0.2, 0.25) is 5.02 Å². The van der Waals surface area contributed by atoms with Gasteiger partial charge in [0.2, 0.25) is 0 Å². The van der Waals surface area contributed by atoms with Gasteiger partial charge in [0.05, 0.1) is 0 Å². The maximum atomic E-state index is 6.44. The Balaban J connectivity index is 2.93. The van der Waals surface area contributed by atoms with Gasteiger partial charge in [-0.05, 0) is 58.3 Å². The SMILES string of the molecule is CSCCC(C)N(C)c1cccc(Cl)c1CNC(C)(C)C. The summed E-state index contributed by atoms with van der Waals surface area (Å²) < 4.78 is 0. The molecule has 1 atom stereocenters. The van der Waals surface area contributed by atoms with E-state index in [1.807, 2.05) is 23.9 Å². The average molecular weight is 329 g/mol. The molecule has 0 spiro atoms. The zero-order valence-electron chi connectivity index (χ0n) is 14.2. The molecule has 0 bridgehead atoms. The van der Waals surface area contributed by atoms with E-state index in [1.165, 1.54) is 23.4 Å². The molecule has 4 heteroatoms. The fraction of sp³-hybridized carbons (Fsp3) is 0.647. The highest BCUT2D eigenvalue weighted by Crippen LogP contribution is 2.29. The molecule has 1 N–H and O–H groups in total. The minimum atomic E-state index is 0.0828. The predicted molar refractivity (Wildman–Crippen MR) is 98.9 cm³/mol. The molecular weight excluding hydrogens is 300 g/mol. The quantitative estimate of drug-likeness (QED) is 0.773. The lowest BCUT2D eigenvalue weighted by Gasteiger charge is -2.30. The smallest absolute Gasteiger partial charge is 0.0471 e. The Bertz CT molecular complexity index is 443. The molecule has 1 aromatic rings. The number of benzene rings is 1. The molecule has 1 unspecified atom stereocenters. The Morgan fingerprint density at radius 2 is 2.00 bits per heavy atom. The van der Waals surface area contributed by atoms with Gasteiger partial charge in [0, 0.05) is 41.4 Å². The van der Waals surface area contributed by atoms with Crippen molar-refractivity contribution in [2.45, 2.75) is 52.2 Å². The van der Waals surface area contributed by atoms with E-state index < -0.39 is 0 Å². The normalized spacial score (nSPS) is 13.3. The Hall–Kier alpha value is -0.380. The van der Waals surface area contributed by atoms with Crippen LogP contribution in [0.15, 0.2) is 18.2 Å². The lowest BCUT2D eigenvalue weighted by molar-refractivity contribution is 0.424. The highest BCUT2D eigenvalue weighted by molar-refractivity contribution is 7.98. The van der Waals surface area contributed by atoms with Crippen LogP contribution in [0.25, 0.3) is 0 Å². The number of halogens is 1. The van der Waals surface area contributed by atoms with E-state index in [9.17, 15) is 0 Å². The van der Waals surface area contributed by atoms with E-state index in [0.29, 0.717) is 6.04 Å². The van der Waals surface area contributed by atoms with Crippen molar-refractivity contribution >= 4 is 29.1 Å². The molecule has 2 nitrogen and oxygen atoms in total. The summed E-state index contributed by atoms with van der Waals surface area (Å²) in [6.07, 6.45) is 3.33. The lowest BCUT2D eigenvalue weighted by atomic mass is 10.1. The van der Waals surface area contributed by atoms with Crippen molar-refractivity contribution in [3.8, 4) is 0 Å². The molecule has 0 aliphatic rings. The molecule has 0 aliphatic carbocycles. The minimum absolute atomic E-state index is 0.0828. The summed E-state index contributed by atoms with van der Waals surface area (Å²) in [5.74, 6) is 1.18. The van der Waals surface area contributed by atoms with Crippen molar-refractivity contribution in [3.63, 3.8) is 0 Å². The molecule has 120 valence electrons. The van der Waals surface area contributed by atoms with Crippen LogP contribution in [-0.4, -0.2) is 30.6 Å². The van der Waals surface area contributed by atoms with E-state index in [4.69, 9.17) is 11.6 Å². The van der Waals surface area contributed by atoms with Crippen LogP contribution in [0, 0.1) is 0 Å². The number of nitrogens with one attached hydrogen (secondary N) is 1. The van der Waals surface area contributed by atoms with Crippen molar-refractivity contribution in [1.82, 2.24) is 5.32 Å². The van der Waals surface area contributed by atoms with Crippen LogP contribution in [0.4, 0.5) is 5.69 Å². The summed E-state index contributed by atoms with van der Waals surface area (Å²) in [6.45, 7) is 9.59. The van der Waals surface area contributed by atoms with Crippen molar-refractivity contribution in [2.75, 3.05) is 24.0 Å². The summed E-state index contributed by atoms with van der Waals surface area (Å²) in [4.78, 5) is 2.35. The molecule has 1 rings (SSSR count). The van der Waals surface area contributed by atoms with Crippen molar-refractivity contribution in [3.05, 3.63) is 28.8 Å². The first-order valence-electron chi connectivity index (χ1n) is 7.50. The first-order chi connectivity index (χ1) is 9.76. The van der Waals surface area contributed by atoms with E-state index in [1.54, 1.807) is 0 Å². The van der Waals surface area contributed by atoms with Gasteiger partial charge in [-0.15, -0.1) is 0 Å². The van der Waals surface area contributed by atoms with E-state index in [-0.39, 0.29) is 5.54 Å². The third-order valence-electron chi connectivity index (χ3n) is 3.67. The second kappa shape index (κ2) is 8.30. The maximum absolute atomic E-state index is 6.44. The van der Waals surface area contributed by atoms with Gasteiger partial charge in [-0.2, -0.15) is 11.8 Å². The average Bonchev–Trinajstić information content (AvgIpc) is 2.41. The van der Waals surface area contributed by atoms with Crippen molar-refractivity contribution < 1.29 is 0 Å². The first-order valence-corrected chi connectivity index (χ1v) is 9.27. The molecule has 0 aliphatic heterocycles. The fourth-order valence-electron chi connectivity index (χ4n) is 2.13. The number of nitrogens with zero attached hydrogens (tertiary/aromatic N) is 1. The zero-order chi connectivity index (χ0) is 16.0. The number of rotatable bonds is 7. The second-order valence-corrected chi connectivity index (χ2v) is 7.98. The molecular formula is C17H29ClN2S. The lowest BCUT2D eigenvalue weighted by Crippen LogP contribution is -2.36. The van der Waals surface area contributed by atoms with Crippen LogP contribution in [0.5, 0.6) is 0 Å². The third-order valence-corrected chi connectivity index (χ3v) is 4.67. The van der Waals surface area contributed by atoms with E-state index in [0.717, 1.165) is 11.6 Å². The number of thioether (sulfide) groups is 1. The Kier molecular flexibility index (Phi) is 7.38. The van der Waals surface area contributed by atoms with Crippen LogP contribution < -0.4 is 10.2 Å². The predicted octanol–water partition coefficient (Wildman–Crippen LogP) is 4.81. The van der Waals surface area contributed by atoms with Gasteiger partial charge in [0.25, 0.3) is 0 Å². The summed E-state index contributed by atoms with van der Waals surface area (Å²) in [5.41, 5.74) is 2.50. The van der Waals surface area contributed by atoms with Crippen molar-refractivity contribution in [1.29, 1.82) is 0 Å². The molecule has 0 saturated heterocycles. The van der Waals surface area contributed by atoms with Gasteiger partial charge < -0.3 is 10.2 Å². The van der Waals surface area contributed by atoms with E-state index >= 15 is 0 Å². The number of hydrogen-bond acceptors (Lipinski definition) is 3. The van der Waals surface area contributed by atoms with Gasteiger partial charge >= 0.3 is 0 Å². The summed E-state index contributed by atoms with van der Waals surface area (Å²) in [5, 5.41) is 4.38. The standard InChI is InChI=1S/C17H29ClN2S/c1-13(10-11-21-6)20(5)16-9-7-8-15(18)14(16)12-19-17(2,3)4/h7-9,13,19H,10-12H2,1-6H3. The monoisotopic (exact) mass is 328 g/mol. The van der Waals surface area contributed by atoms with Gasteiger partial charge in [-0.3, -0.25) is 0 Å². The highest BCUT2D eigenvalue weighted by atomic mass is 35.5. The first kappa shape index (κ1) is 18.7. The third kappa shape index (κ3) is 6.09. The maximum Gasteiger partial charge on any atom is 0.0471 e. The van der Waals surface area contributed by atoms with Crippen LogP contribution in [0.3, 0.4) is 0 Å². The van der Waals surface area contributed by atoms with E-state index in [2.05, 4.69) is 57.3 Å². The Labute approximate surface area is 139 Å². The van der Waals surface area contributed by atoms with Gasteiger partial charge in [-0.1, -0.05) is 17.7 Å². The fourth-order valence-corrected chi connectivity index (χ4v) is 2.94. The largest absolute Gasteiger partial charge is 0.372 e. The van der Waals surface area contributed by atoms with Crippen LogP contribution in [0.1, 0.15) is 39.7 Å². The minimum Gasteiger partial charge on any atom is -0.372 e. The summed E-state index contributed by atoms with van der Waals surface area (Å²) in [6, 6.07) is 6.69. The molecule has 0 heterocycles. The molecule has 21 heavy (non-hydrogen) atoms. The molecule has 0 aromatic heterocycles. The van der Waals surface area contributed by atoms with Crippen molar-refractivity contribution in [2.24, 2.45) is 0 Å². The van der Waals surface area contributed by atoms with Crippen LogP contribution in [-0.2, 0) is 6.54 Å².